The van der Waals surface area contributed by atoms with E-state index in [1.54, 1.807) is 6.92 Å². The molecule has 0 atom stereocenters. The molecule has 1 aromatic carbocycles. The molecule has 0 heterocycles. The van der Waals surface area contributed by atoms with E-state index >= 15 is 0 Å². The fourth-order valence-corrected chi connectivity index (χ4v) is 3.35. The molecule has 116 valence electrons. The van der Waals surface area contributed by atoms with Gasteiger partial charge in [-0.15, -0.1) is 0 Å². The largest absolute Gasteiger partial charge is 0.480 e. The molecule has 10 heteroatoms. The molecule has 1 rings (SSSR count). The standard InChI is InChI=1S/C11H13FN2O6S/c1-2-6-13(7-10(15)16)21(19,20)9-5-3-4-8(12)11(9)14(17)18/h3-5H,2,6-7H2,1H3,(H,15,16). The Kier molecular flexibility index (Phi) is 5.33. The Balaban J connectivity index is 3.44. The zero-order valence-corrected chi connectivity index (χ0v) is 11.8. The third kappa shape index (κ3) is 3.73. The summed E-state index contributed by atoms with van der Waals surface area (Å²) in [6.07, 6.45) is 0.301. The fourth-order valence-electron chi connectivity index (χ4n) is 1.70. The second-order valence-corrected chi connectivity index (χ2v) is 5.98. The molecule has 0 amide bonds. The Morgan fingerprint density at radius 1 is 1.48 bits per heavy atom. The van der Waals surface area contributed by atoms with E-state index in [-0.39, 0.29) is 6.54 Å². The van der Waals surface area contributed by atoms with E-state index in [2.05, 4.69) is 0 Å². The van der Waals surface area contributed by atoms with Crippen LogP contribution in [0.25, 0.3) is 0 Å². The van der Waals surface area contributed by atoms with Crippen LogP contribution < -0.4 is 0 Å². The van der Waals surface area contributed by atoms with Gasteiger partial charge in [0, 0.05) is 6.54 Å². The number of sulfonamides is 1. The summed E-state index contributed by atoms with van der Waals surface area (Å²) in [5.41, 5.74) is -1.19. The predicted octanol–water partition coefficient (Wildman–Crippen LogP) is 1.22. The Bertz CT molecular complexity index is 661. The summed E-state index contributed by atoms with van der Waals surface area (Å²) in [5, 5.41) is 19.6. The minimum Gasteiger partial charge on any atom is -0.480 e. The molecule has 21 heavy (non-hydrogen) atoms. The third-order valence-corrected chi connectivity index (χ3v) is 4.41. The van der Waals surface area contributed by atoms with Crippen molar-refractivity contribution < 1.29 is 27.6 Å². The zero-order valence-electron chi connectivity index (χ0n) is 11.0. The number of aliphatic carboxylic acids is 1. The maximum Gasteiger partial charge on any atom is 0.324 e. The third-order valence-electron chi connectivity index (χ3n) is 2.53. The Morgan fingerprint density at radius 2 is 2.10 bits per heavy atom. The molecule has 0 fully saturated rings. The van der Waals surface area contributed by atoms with Gasteiger partial charge in [-0.25, -0.2) is 8.42 Å². The van der Waals surface area contributed by atoms with Gasteiger partial charge < -0.3 is 5.11 Å². The topological polar surface area (TPSA) is 118 Å². The first-order valence-electron chi connectivity index (χ1n) is 5.86. The number of carboxylic acids is 1. The van der Waals surface area contributed by atoms with Gasteiger partial charge in [-0.3, -0.25) is 14.9 Å². The smallest absolute Gasteiger partial charge is 0.324 e. The number of rotatable bonds is 7. The first kappa shape index (κ1) is 17.0. The highest BCUT2D eigenvalue weighted by molar-refractivity contribution is 7.89. The van der Waals surface area contributed by atoms with Crippen LogP contribution in [-0.2, 0) is 14.8 Å². The van der Waals surface area contributed by atoms with Crippen LogP contribution in [0.3, 0.4) is 0 Å². The maximum atomic E-state index is 13.5. The highest BCUT2D eigenvalue weighted by Gasteiger charge is 2.34. The summed E-state index contributed by atoms with van der Waals surface area (Å²) in [5.74, 6) is -2.71. The van der Waals surface area contributed by atoms with Crippen molar-refractivity contribution >= 4 is 21.7 Å². The number of hydrogen-bond donors (Lipinski definition) is 1. The normalized spacial score (nSPS) is 11.6. The van der Waals surface area contributed by atoms with Gasteiger partial charge in [0.15, 0.2) is 4.90 Å². The Morgan fingerprint density at radius 3 is 2.57 bits per heavy atom. The van der Waals surface area contributed by atoms with Crippen molar-refractivity contribution in [1.29, 1.82) is 0 Å². The lowest BCUT2D eigenvalue weighted by atomic mass is 10.3. The lowest BCUT2D eigenvalue weighted by Gasteiger charge is -2.19. The monoisotopic (exact) mass is 320 g/mol. The lowest BCUT2D eigenvalue weighted by Crippen LogP contribution is -2.36. The van der Waals surface area contributed by atoms with Crippen molar-refractivity contribution in [1.82, 2.24) is 4.31 Å². The van der Waals surface area contributed by atoms with Gasteiger partial charge in [-0.1, -0.05) is 13.0 Å². The van der Waals surface area contributed by atoms with Gasteiger partial charge >= 0.3 is 11.7 Å². The molecule has 0 aliphatic heterocycles. The number of nitrogens with zero attached hydrogens (tertiary/aromatic N) is 2. The number of halogens is 1. The molecule has 0 aliphatic carbocycles. The summed E-state index contributed by atoms with van der Waals surface area (Å²) in [6.45, 7) is 0.608. The fraction of sp³-hybridized carbons (Fsp3) is 0.364. The van der Waals surface area contributed by atoms with E-state index in [1.165, 1.54) is 0 Å². The number of carbonyl (C=O) groups is 1. The molecule has 1 N–H and O–H groups in total. The number of nitro benzene ring substituents is 1. The maximum absolute atomic E-state index is 13.5. The van der Waals surface area contributed by atoms with E-state index in [1.807, 2.05) is 0 Å². The minimum absolute atomic E-state index is 0.150. The average Bonchev–Trinajstić information content (AvgIpc) is 2.36. The minimum atomic E-state index is -4.49. The molecule has 1 aromatic rings. The van der Waals surface area contributed by atoms with E-state index in [0.29, 0.717) is 10.7 Å². The van der Waals surface area contributed by atoms with E-state index in [9.17, 15) is 27.7 Å². The van der Waals surface area contributed by atoms with Crippen LogP contribution in [0.4, 0.5) is 10.1 Å². The van der Waals surface area contributed by atoms with Crippen molar-refractivity contribution in [3.63, 3.8) is 0 Å². The summed E-state index contributed by atoms with van der Waals surface area (Å²) >= 11 is 0. The van der Waals surface area contributed by atoms with Crippen LogP contribution in [0.1, 0.15) is 13.3 Å². The molecule has 0 saturated heterocycles. The quantitative estimate of drug-likeness (QED) is 0.596. The number of carboxylic acid groups (broad SMARTS) is 1. The Labute approximate surface area is 120 Å². The SMILES string of the molecule is CCCN(CC(=O)O)S(=O)(=O)c1cccc(F)c1[N+](=O)[O-]. The second kappa shape index (κ2) is 6.59. The van der Waals surface area contributed by atoms with Gasteiger partial charge in [-0.05, 0) is 18.6 Å². The van der Waals surface area contributed by atoms with Crippen molar-refractivity contribution in [2.75, 3.05) is 13.1 Å². The van der Waals surface area contributed by atoms with Gasteiger partial charge in [-0.2, -0.15) is 8.70 Å². The molecule has 0 saturated carbocycles. The van der Waals surface area contributed by atoms with E-state index in [4.69, 9.17) is 5.11 Å². The van der Waals surface area contributed by atoms with Gasteiger partial charge in [0.1, 0.15) is 6.54 Å². The highest BCUT2D eigenvalue weighted by Crippen LogP contribution is 2.29. The number of hydrogen-bond acceptors (Lipinski definition) is 5. The van der Waals surface area contributed by atoms with Crippen molar-refractivity contribution in [3.05, 3.63) is 34.1 Å². The molecule has 0 spiro atoms. The summed E-state index contributed by atoms with van der Waals surface area (Å²) in [7, 11) is -4.49. The van der Waals surface area contributed by atoms with Crippen molar-refractivity contribution in [2.45, 2.75) is 18.2 Å². The van der Waals surface area contributed by atoms with Gasteiger partial charge in [0.25, 0.3) is 10.0 Å². The average molecular weight is 320 g/mol. The lowest BCUT2D eigenvalue weighted by molar-refractivity contribution is -0.390. The first-order chi connectivity index (χ1) is 9.71. The molecular formula is C11H13FN2O6S. The molecular weight excluding hydrogens is 307 g/mol. The second-order valence-electron chi connectivity index (χ2n) is 4.08. The van der Waals surface area contributed by atoms with Crippen molar-refractivity contribution in [2.24, 2.45) is 0 Å². The molecule has 0 radical (unpaired) electrons. The van der Waals surface area contributed by atoms with Crippen LogP contribution in [-0.4, -0.2) is 41.8 Å². The summed E-state index contributed by atoms with van der Waals surface area (Å²) < 4.78 is 38.7. The summed E-state index contributed by atoms with van der Waals surface area (Å²) in [6, 6.07) is 2.65. The highest BCUT2D eigenvalue weighted by atomic mass is 32.2. The molecule has 8 nitrogen and oxygen atoms in total. The van der Waals surface area contributed by atoms with Gasteiger partial charge in [0.05, 0.1) is 4.92 Å². The van der Waals surface area contributed by atoms with Crippen LogP contribution >= 0.6 is 0 Å². The molecule has 0 bridgehead atoms. The van der Waals surface area contributed by atoms with E-state index < -0.39 is 43.9 Å². The van der Waals surface area contributed by atoms with Crippen LogP contribution in [0.2, 0.25) is 0 Å². The molecule has 0 unspecified atom stereocenters. The van der Waals surface area contributed by atoms with E-state index in [0.717, 1.165) is 18.2 Å². The molecule has 0 aliphatic rings. The number of para-hydroxylation sites is 1. The van der Waals surface area contributed by atoms with Crippen LogP contribution in [0.15, 0.2) is 23.1 Å². The van der Waals surface area contributed by atoms with Crippen molar-refractivity contribution in [3.8, 4) is 0 Å². The predicted molar refractivity (Wildman–Crippen MR) is 69.7 cm³/mol. The van der Waals surface area contributed by atoms with Crippen LogP contribution in [0.5, 0.6) is 0 Å². The molecule has 0 aromatic heterocycles. The Hall–Kier alpha value is -2.07. The van der Waals surface area contributed by atoms with Gasteiger partial charge in [0.2, 0.25) is 5.82 Å². The number of nitro groups is 1. The summed E-state index contributed by atoms with van der Waals surface area (Å²) in [4.78, 5) is 19.6. The number of benzene rings is 1. The first-order valence-corrected chi connectivity index (χ1v) is 7.30. The zero-order chi connectivity index (χ0) is 16.2. The van der Waals surface area contributed by atoms with Crippen LogP contribution in [0, 0.1) is 15.9 Å².